The predicted octanol–water partition coefficient (Wildman–Crippen LogP) is 2.18. The van der Waals surface area contributed by atoms with Crippen molar-refractivity contribution in [2.45, 2.75) is 26.2 Å². The monoisotopic (exact) mass is 138 g/mol. The van der Waals surface area contributed by atoms with Gasteiger partial charge in [0.1, 0.15) is 5.78 Å². The molecule has 0 aromatic heterocycles. The molecule has 2 atom stereocenters. The molecule has 0 bridgehead atoms. The maximum Gasteiger partial charge on any atom is 0.139 e. The first-order valence-electron chi connectivity index (χ1n) is 3.90. The molecule has 1 rings (SSSR count). The van der Waals surface area contributed by atoms with E-state index < -0.39 is 0 Å². The molecule has 1 aliphatic carbocycles. The van der Waals surface area contributed by atoms with Crippen molar-refractivity contribution in [3.8, 4) is 0 Å². The molecule has 0 N–H and O–H groups in total. The van der Waals surface area contributed by atoms with Crippen molar-refractivity contribution >= 4 is 5.78 Å². The van der Waals surface area contributed by atoms with E-state index >= 15 is 0 Å². The van der Waals surface area contributed by atoms with E-state index in [1.807, 2.05) is 13.0 Å². The normalized spacial score (nSPS) is 32.7. The third-order valence-corrected chi connectivity index (χ3v) is 2.29. The van der Waals surface area contributed by atoms with Crippen molar-refractivity contribution in [3.63, 3.8) is 0 Å². The van der Waals surface area contributed by atoms with Crippen molar-refractivity contribution in [1.29, 1.82) is 0 Å². The van der Waals surface area contributed by atoms with Crippen LogP contribution < -0.4 is 0 Å². The first-order valence-corrected chi connectivity index (χ1v) is 3.90. The second-order valence-electron chi connectivity index (χ2n) is 3.10. The molecule has 0 aliphatic heterocycles. The van der Waals surface area contributed by atoms with E-state index in [1.165, 1.54) is 0 Å². The lowest BCUT2D eigenvalue weighted by Gasteiger charge is -2.02. The van der Waals surface area contributed by atoms with Crippen LogP contribution >= 0.6 is 0 Å². The second-order valence-corrected chi connectivity index (χ2v) is 3.10. The highest BCUT2D eigenvalue weighted by molar-refractivity contribution is 5.85. The van der Waals surface area contributed by atoms with Gasteiger partial charge in [-0.25, -0.2) is 0 Å². The minimum absolute atomic E-state index is 0.299. The van der Waals surface area contributed by atoms with Gasteiger partial charge in [-0.3, -0.25) is 4.79 Å². The summed E-state index contributed by atoms with van der Waals surface area (Å²) in [6.45, 7) is 5.65. The third kappa shape index (κ3) is 1.28. The van der Waals surface area contributed by atoms with Crippen LogP contribution in [-0.2, 0) is 4.79 Å². The lowest BCUT2D eigenvalue weighted by Crippen LogP contribution is -2.10. The lowest BCUT2D eigenvalue weighted by molar-refractivity contribution is -0.123. The highest BCUT2D eigenvalue weighted by Gasteiger charge is 2.29. The molecule has 10 heavy (non-hydrogen) atoms. The number of rotatable bonds is 2. The van der Waals surface area contributed by atoms with E-state index in [-0.39, 0.29) is 0 Å². The minimum Gasteiger partial charge on any atom is -0.299 e. The topological polar surface area (TPSA) is 17.1 Å². The van der Waals surface area contributed by atoms with E-state index in [9.17, 15) is 4.79 Å². The van der Waals surface area contributed by atoms with Crippen LogP contribution in [0.4, 0.5) is 0 Å². The summed E-state index contributed by atoms with van der Waals surface area (Å²) in [5, 5.41) is 0. The Kier molecular flexibility index (Phi) is 2.25. The van der Waals surface area contributed by atoms with Gasteiger partial charge in [0.25, 0.3) is 0 Å². The Morgan fingerprint density at radius 1 is 1.70 bits per heavy atom. The highest BCUT2D eigenvalue weighted by Crippen LogP contribution is 2.28. The summed E-state index contributed by atoms with van der Waals surface area (Å²) in [5.74, 6) is 1.05. The van der Waals surface area contributed by atoms with Crippen LogP contribution in [0.15, 0.2) is 12.7 Å². The van der Waals surface area contributed by atoms with Crippen LogP contribution in [-0.4, -0.2) is 5.78 Å². The Morgan fingerprint density at radius 2 is 2.40 bits per heavy atom. The predicted molar refractivity (Wildman–Crippen MR) is 41.7 cm³/mol. The lowest BCUT2D eigenvalue weighted by atomic mass is 10.0. The standard InChI is InChI=1S/C9H14O/c1-3-4-8-6-5-7(2)9(8)10/h3,7-8H,1,4-6H2,2H3/t7-,8+/m0/s1. The minimum atomic E-state index is 0.299. The Bertz CT molecular complexity index is 149. The molecule has 0 aromatic rings. The van der Waals surface area contributed by atoms with Gasteiger partial charge in [0, 0.05) is 11.8 Å². The quantitative estimate of drug-likeness (QED) is 0.534. The Labute approximate surface area is 62.1 Å². The first kappa shape index (κ1) is 7.52. The fourth-order valence-corrected chi connectivity index (χ4v) is 1.57. The van der Waals surface area contributed by atoms with E-state index in [2.05, 4.69) is 6.58 Å². The SMILES string of the molecule is C=CC[C@@H]1CC[C@H](C)C1=O. The summed E-state index contributed by atoms with van der Waals surface area (Å²) >= 11 is 0. The van der Waals surface area contributed by atoms with Crippen molar-refractivity contribution < 1.29 is 4.79 Å². The van der Waals surface area contributed by atoms with Crippen molar-refractivity contribution in [2.24, 2.45) is 11.8 Å². The largest absolute Gasteiger partial charge is 0.299 e. The molecule has 0 unspecified atom stereocenters. The summed E-state index contributed by atoms with van der Waals surface area (Å²) in [6, 6.07) is 0. The van der Waals surface area contributed by atoms with Gasteiger partial charge in [-0.2, -0.15) is 0 Å². The zero-order chi connectivity index (χ0) is 7.56. The van der Waals surface area contributed by atoms with Gasteiger partial charge in [-0.05, 0) is 19.3 Å². The summed E-state index contributed by atoms with van der Waals surface area (Å²) in [7, 11) is 0. The van der Waals surface area contributed by atoms with E-state index in [0.29, 0.717) is 17.6 Å². The number of carbonyl (C=O) groups excluding carboxylic acids is 1. The summed E-state index contributed by atoms with van der Waals surface area (Å²) < 4.78 is 0. The molecule has 1 fully saturated rings. The fraction of sp³-hybridized carbons (Fsp3) is 0.667. The van der Waals surface area contributed by atoms with Crippen LogP contribution in [0, 0.1) is 11.8 Å². The van der Waals surface area contributed by atoms with Gasteiger partial charge in [-0.1, -0.05) is 13.0 Å². The van der Waals surface area contributed by atoms with Crippen LogP contribution in [0.1, 0.15) is 26.2 Å². The zero-order valence-electron chi connectivity index (χ0n) is 6.47. The van der Waals surface area contributed by atoms with Crippen LogP contribution in [0.25, 0.3) is 0 Å². The third-order valence-electron chi connectivity index (χ3n) is 2.29. The molecule has 1 nitrogen and oxygen atoms in total. The van der Waals surface area contributed by atoms with Crippen molar-refractivity contribution in [3.05, 3.63) is 12.7 Å². The number of allylic oxidation sites excluding steroid dienone is 1. The highest BCUT2D eigenvalue weighted by atomic mass is 16.1. The Morgan fingerprint density at radius 3 is 2.80 bits per heavy atom. The number of hydrogen-bond donors (Lipinski definition) is 0. The Balaban J connectivity index is 2.48. The van der Waals surface area contributed by atoms with Crippen molar-refractivity contribution in [2.75, 3.05) is 0 Å². The molecule has 0 aromatic carbocycles. The van der Waals surface area contributed by atoms with Gasteiger partial charge in [0.15, 0.2) is 0 Å². The fourth-order valence-electron chi connectivity index (χ4n) is 1.57. The molecule has 0 saturated heterocycles. The zero-order valence-corrected chi connectivity index (χ0v) is 6.47. The molecule has 0 radical (unpaired) electrons. The van der Waals surface area contributed by atoms with Crippen molar-refractivity contribution in [1.82, 2.24) is 0 Å². The smallest absolute Gasteiger partial charge is 0.139 e. The Hall–Kier alpha value is -0.590. The number of ketones is 1. The molecular weight excluding hydrogens is 124 g/mol. The van der Waals surface area contributed by atoms with E-state index in [1.54, 1.807) is 0 Å². The van der Waals surface area contributed by atoms with Crippen LogP contribution in [0.2, 0.25) is 0 Å². The number of Topliss-reactive ketones (excluding diaryl/α,β-unsaturated/α-hetero) is 1. The summed E-state index contributed by atoms with van der Waals surface area (Å²) in [6.07, 6.45) is 4.88. The maximum absolute atomic E-state index is 11.2. The average molecular weight is 138 g/mol. The first-order chi connectivity index (χ1) is 4.75. The average Bonchev–Trinajstić information content (AvgIpc) is 2.20. The summed E-state index contributed by atoms with van der Waals surface area (Å²) in [5.41, 5.74) is 0. The van der Waals surface area contributed by atoms with Gasteiger partial charge < -0.3 is 0 Å². The summed E-state index contributed by atoms with van der Waals surface area (Å²) in [4.78, 5) is 11.2. The molecule has 1 heteroatoms. The molecule has 0 heterocycles. The number of carbonyl (C=O) groups is 1. The van der Waals surface area contributed by atoms with Crippen LogP contribution in [0.5, 0.6) is 0 Å². The van der Waals surface area contributed by atoms with E-state index in [4.69, 9.17) is 0 Å². The van der Waals surface area contributed by atoms with E-state index in [0.717, 1.165) is 19.3 Å². The molecule has 1 aliphatic rings. The van der Waals surface area contributed by atoms with Gasteiger partial charge in [0.05, 0.1) is 0 Å². The van der Waals surface area contributed by atoms with Gasteiger partial charge in [-0.15, -0.1) is 6.58 Å². The maximum atomic E-state index is 11.2. The molecule has 1 saturated carbocycles. The van der Waals surface area contributed by atoms with Gasteiger partial charge >= 0.3 is 0 Å². The molecular formula is C9H14O. The number of hydrogen-bond acceptors (Lipinski definition) is 1. The molecule has 56 valence electrons. The van der Waals surface area contributed by atoms with Gasteiger partial charge in [0.2, 0.25) is 0 Å². The molecule has 0 spiro atoms. The molecule has 0 amide bonds. The second kappa shape index (κ2) is 3.00. The van der Waals surface area contributed by atoms with Crippen LogP contribution in [0.3, 0.4) is 0 Å².